The van der Waals surface area contributed by atoms with Crippen molar-refractivity contribution < 1.29 is 32.2 Å². The Kier molecular flexibility index (Phi) is 2.33. The van der Waals surface area contributed by atoms with Crippen LogP contribution in [-0.2, 0) is 19.1 Å². The van der Waals surface area contributed by atoms with Gasteiger partial charge in [0.2, 0.25) is 0 Å². The van der Waals surface area contributed by atoms with Crippen molar-refractivity contribution in [3.63, 3.8) is 0 Å². The van der Waals surface area contributed by atoms with Crippen molar-refractivity contribution in [1.29, 1.82) is 0 Å². The van der Waals surface area contributed by atoms with Gasteiger partial charge in [-0.05, 0) is 13.0 Å². The number of nitrogens with one attached hydrogen (secondary N) is 1. The first kappa shape index (κ1) is 11.2. The van der Waals surface area contributed by atoms with E-state index in [4.69, 9.17) is 0 Å². The second kappa shape index (κ2) is 3.34. The molecule has 2 rings (SSSR count). The molecule has 2 atom stereocenters. The normalized spacial score (nSPS) is 33.4. The summed E-state index contributed by atoms with van der Waals surface area (Å²) in [4.78, 5) is 21.6. The van der Waals surface area contributed by atoms with Crippen LogP contribution in [0.3, 0.4) is 0 Å². The summed E-state index contributed by atoms with van der Waals surface area (Å²) >= 11 is 0. The Balaban J connectivity index is 2.08. The second-order valence-corrected chi connectivity index (χ2v) is 3.64. The van der Waals surface area contributed by atoms with Crippen molar-refractivity contribution in [2.24, 2.45) is 5.92 Å². The molecule has 1 N–H and O–H groups in total. The maximum Gasteiger partial charge on any atom is 0.491 e. The summed E-state index contributed by atoms with van der Waals surface area (Å²) in [6, 6.07) is 0. The van der Waals surface area contributed by atoms with Gasteiger partial charge in [-0.1, -0.05) is 0 Å². The molecule has 2 heterocycles. The molecule has 2 aliphatic rings. The molecular weight excluding hydrogens is 231 g/mol. The fourth-order valence-corrected chi connectivity index (χ4v) is 1.78. The van der Waals surface area contributed by atoms with Gasteiger partial charge in [0.05, 0.1) is 6.54 Å². The first-order valence-electron chi connectivity index (χ1n) is 4.59. The third-order valence-electron chi connectivity index (χ3n) is 2.57. The van der Waals surface area contributed by atoms with Crippen LogP contribution in [0.4, 0.5) is 13.2 Å². The number of alkyl halides is 3. The Hall–Kier alpha value is -1.31. The highest BCUT2D eigenvalue weighted by atomic mass is 19.4. The van der Waals surface area contributed by atoms with Crippen LogP contribution in [-0.4, -0.2) is 37.0 Å². The van der Waals surface area contributed by atoms with Crippen molar-refractivity contribution >= 4 is 11.9 Å². The van der Waals surface area contributed by atoms with Crippen LogP contribution >= 0.6 is 0 Å². The number of fused-ring (bicyclic) bond motifs is 1. The molecule has 16 heavy (non-hydrogen) atoms. The zero-order valence-electron chi connectivity index (χ0n) is 7.97. The molecular formula is C8H8F3NO4. The van der Waals surface area contributed by atoms with Crippen LogP contribution in [0.2, 0.25) is 0 Å². The van der Waals surface area contributed by atoms with E-state index in [2.05, 4.69) is 14.8 Å². The zero-order valence-corrected chi connectivity index (χ0v) is 7.97. The van der Waals surface area contributed by atoms with Crippen LogP contribution in [0.5, 0.6) is 0 Å². The van der Waals surface area contributed by atoms with E-state index in [0.717, 1.165) is 0 Å². The average Bonchev–Trinajstić information content (AvgIpc) is 2.15. The van der Waals surface area contributed by atoms with Gasteiger partial charge in [-0.3, -0.25) is 4.79 Å². The van der Waals surface area contributed by atoms with Gasteiger partial charge in [-0.25, -0.2) is 4.79 Å². The number of piperidine rings is 1. The average molecular weight is 239 g/mol. The molecule has 0 amide bonds. The number of carbonyl (C=O) groups excluding carboxylic acids is 2. The van der Waals surface area contributed by atoms with E-state index in [9.17, 15) is 22.8 Å². The van der Waals surface area contributed by atoms with Crippen molar-refractivity contribution in [1.82, 2.24) is 5.32 Å². The van der Waals surface area contributed by atoms with E-state index in [1.165, 1.54) is 0 Å². The predicted octanol–water partition coefficient (Wildman–Crippen LogP) is -0.0455. The minimum atomic E-state index is -5.08. The van der Waals surface area contributed by atoms with Gasteiger partial charge < -0.3 is 14.8 Å². The van der Waals surface area contributed by atoms with Gasteiger partial charge in [0.15, 0.2) is 0 Å². The third kappa shape index (κ3) is 1.62. The van der Waals surface area contributed by atoms with Gasteiger partial charge in [0.25, 0.3) is 5.79 Å². The first-order valence-corrected chi connectivity index (χ1v) is 4.59. The summed E-state index contributed by atoms with van der Waals surface area (Å²) in [6.45, 7) is 0.371. The largest absolute Gasteiger partial charge is 0.491 e. The smallest absolute Gasteiger partial charge is 0.420 e. The van der Waals surface area contributed by atoms with Crippen LogP contribution in [0, 0.1) is 5.92 Å². The number of rotatable bonds is 1. The molecule has 0 radical (unpaired) electrons. The molecule has 90 valence electrons. The lowest BCUT2D eigenvalue weighted by Crippen LogP contribution is -2.68. The second-order valence-electron chi connectivity index (χ2n) is 3.64. The Bertz CT molecular complexity index is 343. The predicted molar refractivity (Wildman–Crippen MR) is 41.9 cm³/mol. The van der Waals surface area contributed by atoms with E-state index < -0.39 is 29.8 Å². The Morgan fingerprint density at radius 2 is 2.25 bits per heavy atom. The molecule has 5 nitrogen and oxygen atoms in total. The fourth-order valence-electron chi connectivity index (χ4n) is 1.78. The number of carbonyl (C=O) groups is 2. The summed E-state index contributed by atoms with van der Waals surface area (Å²) in [5.41, 5.74) is 0. The van der Waals surface area contributed by atoms with Crippen LogP contribution in [0.15, 0.2) is 0 Å². The van der Waals surface area contributed by atoms with Gasteiger partial charge in [0.1, 0.15) is 5.92 Å². The van der Waals surface area contributed by atoms with E-state index in [-0.39, 0.29) is 6.54 Å². The van der Waals surface area contributed by atoms with Crippen molar-refractivity contribution in [2.45, 2.75) is 18.4 Å². The first-order chi connectivity index (χ1) is 7.35. The van der Waals surface area contributed by atoms with E-state index in [0.29, 0.717) is 13.0 Å². The molecule has 0 spiro atoms. The molecule has 0 bridgehead atoms. The Labute approximate surface area is 87.9 Å². The van der Waals surface area contributed by atoms with Crippen LogP contribution in [0.1, 0.15) is 6.42 Å². The minimum Gasteiger partial charge on any atom is -0.420 e. The number of hydrogen-bond donors (Lipinski definition) is 1. The lowest BCUT2D eigenvalue weighted by Gasteiger charge is -2.48. The van der Waals surface area contributed by atoms with Gasteiger partial charge >= 0.3 is 18.1 Å². The summed E-state index contributed by atoms with van der Waals surface area (Å²) in [6.07, 6.45) is -4.79. The molecule has 2 aliphatic heterocycles. The number of halogens is 3. The number of esters is 2. The highest BCUT2D eigenvalue weighted by Gasteiger charge is 2.63. The van der Waals surface area contributed by atoms with E-state index in [1.54, 1.807) is 0 Å². The highest BCUT2D eigenvalue weighted by molar-refractivity contribution is 5.83. The van der Waals surface area contributed by atoms with E-state index >= 15 is 0 Å². The van der Waals surface area contributed by atoms with Crippen LogP contribution < -0.4 is 5.32 Å². The monoisotopic (exact) mass is 239 g/mol. The lowest BCUT2D eigenvalue weighted by molar-refractivity contribution is -0.312. The standard InChI is InChI=1S/C8H8F3NO4/c9-8(10,11)6(14)16-7-3-12-2-1-4(7)5(13)15-7/h4,12H,1-3H2/t4-,7-/m0/s1. The summed E-state index contributed by atoms with van der Waals surface area (Å²) in [5, 5.41) is 2.71. The van der Waals surface area contributed by atoms with Crippen molar-refractivity contribution in [3.8, 4) is 0 Å². The van der Waals surface area contributed by atoms with E-state index in [1.807, 2.05) is 0 Å². The maximum absolute atomic E-state index is 12.0. The molecule has 0 aromatic heterocycles. The summed E-state index contributed by atoms with van der Waals surface area (Å²) < 4.78 is 44.8. The van der Waals surface area contributed by atoms with Crippen molar-refractivity contribution in [3.05, 3.63) is 0 Å². The molecule has 0 aromatic carbocycles. The molecule has 0 aliphatic carbocycles. The SMILES string of the molecule is O=C1O[C@]2(OC(=O)C(F)(F)F)CNCC[C@@H]12. The molecule has 2 saturated heterocycles. The summed E-state index contributed by atoms with van der Waals surface area (Å²) in [7, 11) is 0. The Morgan fingerprint density at radius 3 is 2.81 bits per heavy atom. The van der Waals surface area contributed by atoms with Gasteiger partial charge in [-0.15, -0.1) is 0 Å². The molecule has 0 aromatic rings. The van der Waals surface area contributed by atoms with Crippen LogP contribution in [0.25, 0.3) is 0 Å². The fraction of sp³-hybridized carbons (Fsp3) is 0.750. The molecule has 0 saturated carbocycles. The number of ether oxygens (including phenoxy) is 2. The topological polar surface area (TPSA) is 64.6 Å². The molecule has 0 unspecified atom stereocenters. The maximum atomic E-state index is 12.0. The molecule has 2 fully saturated rings. The Morgan fingerprint density at radius 1 is 1.56 bits per heavy atom. The molecule has 8 heteroatoms. The zero-order chi connectivity index (χ0) is 12.0. The van der Waals surface area contributed by atoms with Crippen molar-refractivity contribution in [2.75, 3.05) is 13.1 Å². The highest BCUT2D eigenvalue weighted by Crippen LogP contribution is 2.40. The van der Waals surface area contributed by atoms with Gasteiger partial charge in [-0.2, -0.15) is 13.2 Å². The quantitative estimate of drug-likeness (QED) is 0.650. The third-order valence-corrected chi connectivity index (χ3v) is 2.57. The lowest BCUT2D eigenvalue weighted by atomic mass is 9.86. The van der Waals surface area contributed by atoms with Gasteiger partial charge in [0, 0.05) is 0 Å². The minimum absolute atomic E-state index is 0.106. The summed E-state index contributed by atoms with van der Waals surface area (Å²) in [5.74, 6) is -5.52. The number of hydrogen-bond acceptors (Lipinski definition) is 5.